The lowest BCUT2D eigenvalue weighted by molar-refractivity contribution is 0.195. The summed E-state index contributed by atoms with van der Waals surface area (Å²) in [6.07, 6.45) is 0. The molecule has 1 fully saturated rings. The molecular weight excluding hydrogens is 260 g/mol. The largest absolute Gasteiger partial charge is 0.508 e. The molecule has 1 atom stereocenters. The summed E-state index contributed by atoms with van der Waals surface area (Å²) in [6, 6.07) is 18.5. The molecule has 0 aromatic heterocycles. The number of aromatic hydroxyl groups is 1. The number of benzene rings is 2. The summed E-state index contributed by atoms with van der Waals surface area (Å²) >= 11 is 0. The Hall–Kier alpha value is -2.00. The number of nitrogens with zero attached hydrogens (tertiary/aromatic N) is 2. The average molecular weight is 282 g/mol. The van der Waals surface area contributed by atoms with Gasteiger partial charge in [-0.1, -0.05) is 36.4 Å². The van der Waals surface area contributed by atoms with Crippen molar-refractivity contribution in [2.45, 2.75) is 13.0 Å². The van der Waals surface area contributed by atoms with Crippen molar-refractivity contribution in [3.05, 3.63) is 60.2 Å². The molecule has 0 bridgehead atoms. The highest BCUT2D eigenvalue weighted by Gasteiger charge is 2.23. The van der Waals surface area contributed by atoms with Gasteiger partial charge in [-0.25, -0.2) is 0 Å². The van der Waals surface area contributed by atoms with Crippen molar-refractivity contribution in [1.29, 1.82) is 0 Å². The van der Waals surface area contributed by atoms with E-state index >= 15 is 0 Å². The first-order chi connectivity index (χ1) is 10.3. The molecule has 3 rings (SSSR count). The monoisotopic (exact) mass is 282 g/mol. The van der Waals surface area contributed by atoms with Gasteiger partial charge in [0.05, 0.1) is 0 Å². The van der Waals surface area contributed by atoms with E-state index in [4.69, 9.17) is 0 Å². The van der Waals surface area contributed by atoms with Crippen molar-refractivity contribution in [3.8, 4) is 5.75 Å². The van der Waals surface area contributed by atoms with E-state index in [-0.39, 0.29) is 6.04 Å². The molecule has 0 radical (unpaired) electrons. The van der Waals surface area contributed by atoms with Gasteiger partial charge in [-0.15, -0.1) is 0 Å². The second-order valence-electron chi connectivity index (χ2n) is 5.59. The summed E-state index contributed by atoms with van der Waals surface area (Å²) in [6.45, 7) is 6.27. The summed E-state index contributed by atoms with van der Waals surface area (Å²) in [4.78, 5) is 4.86. The van der Waals surface area contributed by atoms with Crippen LogP contribution < -0.4 is 4.90 Å². The SMILES string of the molecule is CC(c1ccccc1O)N1CCN(c2ccccc2)CC1. The predicted octanol–water partition coefficient (Wildman–Crippen LogP) is 3.28. The third-order valence-corrected chi connectivity index (χ3v) is 4.37. The molecule has 1 unspecified atom stereocenters. The summed E-state index contributed by atoms with van der Waals surface area (Å²) in [7, 11) is 0. The van der Waals surface area contributed by atoms with Crippen LogP contribution in [0.4, 0.5) is 5.69 Å². The van der Waals surface area contributed by atoms with Crippen LogP contribution in [0.3, 0.4) is 0 Å². The van der Waals surface area contributed by atoms with Crippen molar-refractivity contribution in [3.63, 3.8) is 0 Å². The van der Waals surface area contributed by atoms with Gasteiger partial charge in [0.25, 0.3) is 0 Å². The van der Waals surface area contributed by atoms with Crippen LogP contribution in [-0.4, -0.2) is 36.2 Å². The maximum absolute atomic E-state index is 10.0. The van der Waals surface area contributed by atoms with E-state index in [1.165, 1.54) is 5.69 Å². The van der Waals surface area contributed by atoms with E-state index < -0.39 is 0 Å². The van der Waals surface area contributed by atoms with Crippen LogP contribution in [-0.2, 0) is 0 Å². The first kappa shape index (κ1) is 14.0. The number of hydrogen-bond donors (Lipinski definition) is 1. The molecule has 3 heteroatoms. The summed E-state index contributed by atoms with van der Waals surface area (Å²) in [5.74, 6) is 0.399. The van der Waals surface area contributed by atoms with Gasteiger partial charge in [0.15, 0.2) is 0 Å². The lowest BCUT2D eigenvalue weighted by Gasteiger charge is -2.39. The van der Waals surface area contributed by atoms with E-state index in [1.807, 2.05) is 18.2 Å². The third kappa shape index (κ3) is 3.03. The van der Waals surface area contributed by atoms with Gasteiger partial charge >= 0.3 is 0 Å². The first-order valence-electron chi connectivity index (χ1n) is 7.57. The Morgan fingerprint density at radius 3 is 2.14 bits per heavy atom. The minimum absolute atomic E-state index is 0.254. The van der Waals surface area contributed by atoms with Crippen LogP contribution in [0.1, 0.15) is 18.5 Å². The highest BCUT2D eigenvalue weighted by Crippen LogP contribution is 2.29. The average Bonchev–Trinajstić information content (AvgIpc) is 2.56. The van der Waals surface area contributed by atoms with Crippen LogP contribution in [0.25, 0.3) is 0 Å². The molecule has 110 valence electrons. The zero-order valence-corrected chi connectivity index (χ0v) is 12.4. The lowest BCUT2D eigenvalue weighted by atomic mass is 10.0. The predicted molar refractivity (Wildman–Crippen MR) is 86.7 cm³/mol. The molecule has 0 saturated carbocycles. The van der Waals surface area contributed by atoms with Gasteiger partial charge < -0.3 is 10.0 Å². The lowest BCUT2D eigenvalue weighted by Crippen LogP contribution is -2.47. The van der Waals surface area contributed by atoms with Crippen LogP contribution >= 0.6 is 0 Å². The Bertz CT molecular complexity index is 577. The van der Waals surface area contributed by atoms with E-state index in [2.05, 4.69) is 47.1 Å². The summed E-state index contributed by atoms with van der Waals surface area (Å²) < 4.78 is 0. The smallest absolute Gasteiger partial charge is 0.120 e. The van der Waals surface area contributed by atoms with Crippen molar-refractivity contribution in [1.82, 2.24) is 4.90 Å². The maximum atomic E-state index is 10.0. The number of anilines is 1. The van der Waals surface area contributed by atoms with Gasteiger partial charge in [0, 0.05) is 43.5 Å². The Balaban J connectivity index is 1.65. The minimum Gasteiger partial charge on any atom is -0.508 e. The van der Waals surface area contributed by atoms with E-state index in [1.54, 1.807) is 6.07 Å². The molecule has 2 aromatic carbocycles. The molecule has 21 heavy (non-hydrogen) atoms. The Morgan fingerprint density at radius 1 is 0.857 bits per heavy atom. The molecular formula is C18H22N2O. The van der Waals surface area contributed by atoms with Crippen molar-refractivity contribution in [2.75, 3.05) is 31.1 Å². The molecule has 1 N–H and O–H groups in total. The van der Waals surface area contributed by atoms with Gasteiger partial charge in [-0.05, 0) is 25.1 Å². The van der Waals surface area contributed by atoms with Crippen LogP contribution in [0.15, 0.2) is 54.6 Å². The Labute approximate surface area is 126 Å². The number of hydrogen-bond acceptors (Lipinski definition) is 3. The standard InChI is InChI=1S/C18H22N2O/c1-15(17-9-5-6-10-18(17)21)19-11-13-20(14-12-19)16-7-3-2-4-8-16/h2-10,15,21H,11-14H2,1H3. The minimum atomic E-state index is 0.254. The third-order valence-electron chi connectivity index (χ3n) is 4.37. The fraction of sp³-hybridized carbons (Fsp3) is 0.333. The van der Waals surface area contributed by atoms with Gasteiger partial charge in [0.2, 0.25) is 0 Å². The number of rotatable bonds is 3. The van der Waals surface area contributed by atoms with E-state index in [0.29, 0.717) is 5.75 Å². The number of piperazine rings is 1. The fourth-order valence-electron chi connectivity index (χ4n) is 3.04. The molecule has 2 aromatic rings. The first-order valence-corrected chi connectivity index (χ1v) is 7.57. The van der Waals surface area contributed by atoms with E-state index in [9.17, 15) is 5.11 Å². The van der Waals surface area contributed by atoms with Gasteiger partial charge in [-0.3, -0.25) is 4.90 Å². The van der Waals surface area contributed by atoms with Crippen molar-refractivity contribution in [2.24, 2.45) is 0 Å². The highest BCUT2D eigenvalue weighted by molar-refractivity contribution is 5.46. The van der Waals surface area contributed by atoms with Crippen LogP contribution in [0, 0.1) is 0 Å². The fourth-order valence-corrected chi connectivity index (χ4v) is 3.04. The van der Waals surface area contributed by atoms with Crippen LogP contribution in [0.2, 0.25) is 0 Å². The second-order valence-corrected chi connectivity index (χ2v) is 5.59. The van der Waals surface area contributed by atoms with Crippen LogP contribution in [0.5, 0.6) is 5.75 Å². The number of phenolic OH excluding ortho intramolecular Hbond substituents is 1. The number of para-hydroxylation sites is 2. The summed E-state index contributed by atoms with van der Waals surface area (Å²) in [5.41, 5.74) is 2.32. The summed E-state index contributed by atoms with van der Waals surface area (Å²) in [5, 5.41) is 10.0. The number of phenols is 1. The zero-order chi connectivity index (χ0) is 14.7. The van der Waals surface area contributed by atoms with Gasteiger partial charge in [-0.2, -0.15) is 0 Å². The quantitative estimate of drug-likeness (QED) is 0.936. The molecule has 0 amide bonds. The van der Waals surface area contributed by atoms with Crippen molar-refractivity contribution < 1.29 is 5.11 Å². The molecule has 1 saturated heterocycles. The molecule has 1 heterocycles. The van der Waals surface area contributed by atoms with Gasteiger partial charge in [0.1, 0.15) is 5.75 Å². The second kappa shape index (κ2) is 6.19. The normalized spacial score (nSPS) is 17.7. The molecule has 1 aliphatic heterocycles. The molecule has 0 aliphatic carbocycles. The molecule has 0 spiro atoms. The highest BCUT2D eigenvalue weighted by atomic mass is 16.3. The Morgan fingerprint density at radius 2 is 1.48 bits per heavy atom. The maximum Gasteiger partial charge on any atom is 0.120 e. The molecule has 1 aliphatic rings. The zero-order valence-electron chi connectivity index (χ0n) is 12.4. The van der Waals surface area contributed by atoms with E-state index in [0.717, 1.165) is 31.7 Å². The Kier molecular flexibility index (Phi) is 4.11. The topological polar surface area (TPSA) is 26.7 Å². The van der Waals surface area contributed by atoms with Crippen molar-refractivity contribution >= 4 is 5.69 Å². The molecule has 3 nitrogen and oxygen atoms in total.